The molecule has 1 aliphatic rings. The van der Waals surface area contributed by atoms with Gasteiger partial charge in [-0.25, -0.2) is 8.42 Å². The third-order valence-corrected chi connectivity index (χ3v) is 5.20. The molecular weight excluding hydrogens is 294 g/mol. The summed E-state index contributed by atoms with van der Waals surface area (Å²) in [4.78, 5) is 24.5. The Morgan fingerprint density at radius 1 is 1.24 bits per heavy atom. The van der Waals surface area contributed by atoms with Crippen molar-refractivity contribution >= 4 is 21.7 Å². The van der Waals surface area contributed by atoms with Gasteiger partial charge in [-0.1, -0.05) is 30.3 Å². The minimum Gasteiger partial charge on any atom is -0.480 e. The fraction of sp³-hybridized carbons (Fsp3) is 0.429. The molecule has 0 unspecified atom stereocenters. The average Bonchev–Trinajstić information content (AvgIpc) is 2.78. The van der Waals surface area contributed by atoms with E-state index in [1.54, 1.807) is 24.3 Å². The Labute approximate surface area is 123 Å². The summed E-state index contributed by atoms with van der Waals surface area (Å²) in [5, 5.41) is 8.94. The van der Waals surface area contributed by atoms with Crippen LogP contribution in [0.2, 0.25) is 0 Å². The van der Waals surface area contributed by atoms with Gasteiger partial charge in [-0.2, -0.15) is 0 Å². The summed E-state index contributed by atoms with van der Waals surface area (Å²) in [6.45, 7) is -0.257. The monoisotopic (exact) mass is 311 g/mol. The van der Waals surface area contributed by atoms with Crippen LogP contribution in [0.15, 0.2) is 30.3 Å². The first-order valence-electron chi connectivity index (χ1n) is 6.62. The van der Waals surface area contributed by atoms with Crippen molar-refractivity contribution in [1.82, 2.24) is 4.90 Å². The molecular formula is C14H17NO5S. The summed E-state index contributed by atoms with van der Waals surface area (Å²) in [5.41, 5.74) is 0.813. The van der Waals surface area contributed by atoms with Crippen LogP contribution in [0.25, 0.3) is 0 Å². The van der Waals surface area contributed by atoms with Crippen molar-refractivity contribution in [2.24, 2.45) is 5.92 Å². The number of hydrogen-bond donors (Lipinski definition) is 1. The van der Waals surface area contributed by atoms with Crippen molar-refractivity contribution in [3.63, 3.8) is 0 Å². The standard InChI is InChI=1S/C14H17NO5S/c16-13(17)9-15(8-11-4-2-1-3-5-11)14(18)12-6-7-21(19,20)10-12/h1-5,12H,6-10H2,(H,16,17)/t12-/m0/s1. The van der Waals surface area contributed by atoms with E-state index < -0.39 is 34.2 Å². The second-order valence-electron chi connectivity index (χ2n) is 5.17. The van der Waals surface area contributed by atoms with Gasteiger partial charge in [0.25, 0.3) is 0 Å². The summed E-state index contributed by atoms with van der Waals surface area (Å²) in [5.74, 6) is -2.33. The van der Waals surface area contributed by atoms with E-state index in [2.05, 4.69) is 0 Å². The number of carboxylic acids is 1. The average molecular weight is 311 g/mol. The van der Waals surface area contributed by atoms with Gasteiger partial charge in [0.05, 0.1) is 17.4 Å². The van der Waals surface area contributed by atoms with Gasteiger partial charge >= 0.3 is 5.97 Å². The third-order valence-electron chi connectivity index (χ3n) is 3.44. The summed E-state index contributed by atoms with van der Waals surface area (Å²) >= 11 is 0. The molecule has 0 aromatic heterocycles. The Balaban J connectivity index is 2.12. The molecule has 0 radical (unpaired) electrons. The number of carboxylic acid groups (broad SMARTS) is 1. The lowest BCUT2D eigenvalue weighted by molar-refractivity contribution is -0.146. The highest BCUT2D eigenvalue weighted by molar-refractivity contribution is 7.91. The molecule has 1 atom stereocenters. The highest BCUT2D eigenvalue weighted by atomic mass is 32.2. The number of nitrogens with zero attached hydrogens (tertiary/aromatic N) is 1. The predicted molar refractivity (Wildman–Crippen MR) is 76.3 cm³/mol. The summed E-state index contributed by atoms with van der Waals surface area (Å²) in [6.07, 6.45) is 0.270. The Bertz CT molecular complexity index is 626. The van der Waals surface area contributed by atoms with Crippen molar-refractivity contribution in [1.29, 1.82) is 0 Å². The predicted octanol–water partition coefficient (Wildman–Crippen LogP) is 0.535. The second-order valence-corrected chi connectivity index (χ2v) is 7.40. The van der Waals surface area contributed by atoms with E-state index in [0.717, 1.165) is 5.56 Å². The Kier molecular flexibility index (Phi) is 4.62. The first-order chi connectivity index (χ1) is 9.87. The lowest BCUT2D eigenvalue weighted by Crippen LogP contribution is -2.39. The number of rotatable bonds is 5. The minimum atomic E-state index is -3.17. The topological polar surface area (TPSA) is 91.8 Å². The molecule has 1 N–H and O–H groups in total. The normalized spacial score (nSPS) is 20.1. The molecule has 21 heavy (non-hydrogen) atoms. The van der Waals surface area contributed by atoms with E-state index in [9.17, 15) is 18.0 Å². The number of aliphatic carboxylic acids is 1. The molecule has 0 spiro atoms. The zero-order valence-corrected chi connectivity index (χ0v) is 12.3. The highest BCUT2D eigenvalue weighted by Crippen LogP contribution is 2.21. The molecule has 114 valence electrons. The molecule has 0 saturated carbocycles. The maximum Gasteiger partial charge on any atom is 0.323 e. The van der Waals surface area contributed by atoms with E-state index in [1.807, 2.05) is 6.07 Å². The third kappa shape index (κ3) is 4.29. The van der Waals surface area contributed by atoms with E-state index >= 15 is 0 Å². The Morgan fingerprint density at radius 3 is 2.43 bits per heavy atom. The molecule has 1 aromatic carbocycles. The van der Waals surface area contributed by atoms with Crippen LogP contribution in [-0.2, 0) is 26.0 Å². The van der Waals surface area contributed by atoms with Gasteiger partial charge in [0.2, 0.25) is 5.91 Å². The maximum atomic E-state index is 12.4. The van der Waals surface area contributed by atoms with Crippen LogP contribution in [0.4, 0.5) is 0 Å². The lowest BCUT2D eigenvalue weighted by atomic mass is 10.1. The van der Waals surface area contributed by atoms with Crippen LogP contribution in [-0.4, -0.2) is 48.4 Å². The summed E-state index contributed by atoms with van der Waals surface area (Å²) in [7, 11) is -3.17. The molecule has 1 fully saturated rings. The van der Waals surface area contributed by atoms with E-state index in [-0.39, 0.29) is 24.5 Å². The number of carbonyl (C=O) groups excluding carboxylic acids is 1. The van der Waals surface area contributed by atoms with Crippen molar-refractivity contribution in [3.8, 4) is 0 Å². The van der Waals surface area contributed by atoms with Gasteiger partial charge in [-0.15, -0.1) is 0 Å². The van der Waals surface area contributed by atoms with Gasteiger partial charge in [-0.05, 0) is 12.0 Å². The van der Waals surface area contributed by atoms with E-state index in [1.165, 1.54) is 4.90 Å². The van der Waals surface area contributed by atoms with Gasteiger partial charge < -0.3 is 10.0 Å². The largest absolute Gasteiger partial charge is 0.480 e. The molecule has 0 bridgehead atoms. The van der Waals surface area contributed by atoms with Gasteiger partial charge in [0, 0.05) is 6.54 Å². The van der Waals surface area contributed by atoms with Crippen molar-refractivity contribution in [2.75, 3.05) is 18.1 Å². The van der Waals surface area contributed by atoms with Gasteiger partial charge in [0.15, 0.2) is 9.84 Å². The number of hydrogen-bond acceptors (Lipinski definition) is 4. The second kappa shape index (κ2) is 6.26. The number of amides is 1. The van der Waals surface area contributed by atoms with Gasteiger partial charge in [0.1, 0.15) is 6.54 Å². The molecule has 1 heterocycles. The number of benzene rings is 1. The zero-order valence-electron chi connectivity index (χ0n) is 11.4. The van der Waals surface area contributed by atoms with Crippen molar-refractivity contribution in [2.45, 2.75) is 13.0 Å². The Hall–Kier alpha value is -1.89. The molecule has 1 saturated heterocycles. The SMILES string of the molecule is O=C(O)CN(Cc1ccccc1)C(=O)[C@H]1CCS(=O)(=O)C1. The molecule has 1 aromatic rings. The molecule has 6 nitrogen and oxygen atoms in total. The van der Waals surface area contributed by atoms with Crippen molar-refractivity contribution < 1.29 is 23.1 Å². The van der Waals surface area contributed by atoms with Crippen LogP contribution in [0.5, 0.6) is 0 Å². The van der Waals surface area contributed by atoms with Crippen LogP contribution in [0.3, 0.4) is 0 Å². The lowest BCUT2D eigenvalue weighted by Gasteiger charge is -2.23. The first-order valence-corrected chi connectivity index (χ1v) is 8.44. The molecule has 7 heteroatoms. The van der Waals surface area contributed by atoms with Crippen LogP contribution in [0.1, 0.15) is 12.0 Å². The fourth-order valence-corrected chi connectivity index (χ4v) is 4.16. The number of carbonyl (C=O) groups is 2. The molecule has 1 aliphatic heterocycles. The zero-order chi connectivity index (χ0) is 15.5. The first kappa shape index (κ1) is 15.5. The van der Waals surface area contributed by atoms with Crippen LogP contribution >= 0.6 is 0 Å². The maximum absolute atomic E-state index is 12.4. The summed E-state index contributed by atoms with van der Waals surface area (Å²) < 4.78 is 22.9. The van der Waals surface area contributed by atoms with Crippen LogP contribution < -0.4 is 0 Å². The molecule has 0 aliphatic carbocycles. The van der Waals surface area contributed by atoms with Crippen molar-refractivity contribution in [3.05, 3.63) is 35.9 Å². The molecule has 2 rings (SSSR count). The van der Waals surface area contributed by atoms with Gasteiger partial charge in [-0.3, -0.25) is 9.59 Å². The minimum absolute atomic E-state index is 0.00431. The fourth-order valence-electron chi connectivity index (χ4n) is 2.43. The summed E-state index contributed by atoms with van der Waals surface area (Å²) in [6, 6.07) is 9.04. The van der Waals surface area contributed by atoms with E-state index in [0.29, 0.717) is 0 Å². The number of sulfone groups is 1. The molecule has 1 amide bonds. The highest BCUT2D eigenvalue weighted by Gasteiger charge is 2.35. The Morgan fingerprint density at radius 2 is 1.90 bits per heavy atom. The smallest absolute Gasteiger partial charge is 0.323 e. The van der Waals surface area contributed by atoms with E-state index in [4.69, 9.17) is 5.11 Å². The van der Waals surface area contributed by atoms with Crippen LogP contribution in [0, 0.1) is 5.92 Å². The quantitative estimate of drug-likeness (QED) is 0.856.